The van der Waals surface area contributed by atoms with Crippen molar-refractivity contribution >= 4 is 72.2 Å². The predicted molar refractivity (Wildman–Crippen MR) is 127 cm³/mol. The van der Waals surface area contributed by atoms with E-state index in [4.69, 9.17) is 4.55 Å². The van der Waals surface area contributed by atoms with Crippen molar-refractivity contribution in [1.82, 2.24) is 45.7 Å². The number of thiol groups is 2. The summed E-state index contributed by atoms with van der Waals surface area (Å²) in [5.74, 6) is 0. The maximum atomic E-state index is 11.1. The molecular formula is C16H17N10NaO4S3. The summed E-state index contributed by atoms with van der Waals surface area (Å²) in [4.78, 5) is 10.2. The first-order chi connectivity index (χ1) is 16.0. The molecule has 0 spiro atoms. The van der Waals surface area contributed by atoms with Gasteiger partial charge in [0, 0.05) is 7.05 Å². The van der Waals surface area contributed by atoms with Gasteiger partial charge in [0.2, 0.25) is 5.16 Å². The first-order valence-corrected chi connectivity index (χ1v) is 12.4. The molecule has 18 heteroatoms. The third-order valence-corrected chi connectivity index (χ3v) is 5.69. The van der Waals surface area contributed by atoms with E-state index in [1.54, 1.807) is 10.7 Å². The van der Waals surface area contributed by atoms with Gasteiger partial charge >= 0.3 is 105 Å². The van der Waals surface area contributed by atoms with Gasteiger partial charge in [-0.1, -0.05) is 24.8 Å². The van der Waals surface area contributed by atoms with Gasteiger partial charge in [0.1, 0.15) is 10.6 Å². The van der Waals surface area contributed by atoms with Crippen LogP contribution in [0.2, 0.25) is 0 Å². The molecule has 2 heterocycles. The number of carbonyl (C=O) groups excluding carboxylic acids is 1. The molecule has 34 heavy (non-hydrogen) atoms. The van der Waals surface area contributed by atoms with E-state index in [9.17, 15) is 13.2 Å². The topological polar surface area (TPSA) is 197 Å². The summed E-state index contributed by atoms with van der Waals surface area (Å²) in [6, 6.07) is 13.3. The summed E-state index contributed by atoms with van der Waals surface area (Å²) >= 11 is 9.00. The average Bonchev–Trinajstić information content (AvgIpc) is 3.42. The van der Waals surface area contributed by atoms with Crippen molar-refractivity contribution in [3.8, 4) is 11.4 Å². The molecule has 14 nitrogen and oxygen atoms in total. The van der Waals surface area contributed by atoms with E-state index < -0.39 is 16.1 Å². The number of rotatable bonds is 3. The van der Waals surface area contributed by atoms with Gasteiger partial charge in [-0.15, -0.1) is 15.0 Å². The Morgan fingerprint density at radius 1 is 1.12 bits per heavy atom. The van der Waals surface area contributed by atoms with Gasteiger partial charge in [0.25, 0.3) is 10.1 Å². The quantitative estimate of drug-likeness (QED) is 0.127. The van der Waals surface area contributed by atoms with Crippen LogP contribution in [-0.2, 0) is 10.1 Å². The molecule has 0 radical (unpaired) electrons. The Morgan fingerprint density at radius 3 is 2.29 bits per heavy atom. The number of primary amides is 1. The molecule has 4 rings (SSSR count). The molecule has 2 aromatic carbocycles. The number of nitrogens with zero attached hydrogens (tertiary/aromatic N) is 8. The first kappa shape index (κ1) is 27.7. The van der Waals surface area contributed by atoms with Gasteiger partial charge in [0.15, 0.2) is 0 Å². The third kappa shape index (κ3) is 8.35. The van der Waals surface area contributed by atoms with Crippen LogP contribution >= 0.6 is 25.3 Å². The number of aromatic nitrogens is 8. The number of benzene rings is 2. The number of amides is 2. The fraction of sp³-hybridized carbons (Fsp3) is 0.0625. The molecule has 0 bridgehead atoms. The van der Waals surface area contributed by atoms with Crippen molar-refractivity contribution in [2.75, 3.05) is 7.05 Å². The summed E-state index contributed by atoms with van der Waals surface area (Å²) in [6.45, 7) is 0. The van der Waals surface area contributed by atoms with Crippen molar-refractivity contribution in [3.63, 3.8) is 0 Å². The van der Waals surface area contributed by atoms with E-state index >= 15 is 0 Å². The molecule has 0 saturated heterocycles. The molecule has 0 aliphatic carbocycles. The molecule has 4 aromatic rings. The molecule has 174 valence electrons. The minimum atomic E-state index is -4.33. The minimum absolute atomic E-state index is 0.102. The first-order valence-electron chi connectivity index (χ1n) is 9.10. The van der Waals surface area contributed by atoms with Crippen LogP contribution in [0.15, 0.2) is 63.7 Å². The zero-order valence-corrected chi connectivity index (χ0v) is 22.4. The van der Waals surface area contributed by atoms with Crippen molar-refractivity contribution in [1.29, 1.82) is 0 Å². The van der Waals surface area contributed by atoms with Gasteiger partial charge in [-0.3, -0.25) is 4.55 Å². The summed E-state index contributed by atoms with van der Waals surface area (Å²) in [5, 5.41) is 24.6. The van der Waals surface area contributed by atoms with Crippen molar-refractivity contribution in [2.45, 2.75) is 15.2 Å². The maximum absolute atomic E-state index is 11.1. The van der Waals surface area contributed by atoms with Crippen LogP contribution in [-0.4, -0.2) is 94.4 Å². The Balaban J connectivity index is 0.000000204. The van der Waals surface area contributed by atoms with E-state index in [1.807, 2.05) is 12.1 Å². The molecule has 4 N–H and O–H groups in total. The Hall–Kier alpha value is -2.54. The van der Waals surface area contributed by atoms with E-state index in [0.29, 0.717) is 5.16 Å². The summed E-state index contributed by atoms with van der Waals surface area (Å²) in [5.41, 5.74) is 5.61. The molecule has 0 unspecified atom stereocenters. The van der Waals surface area contributed by atoms with Crippen LogP contribution < -0.4 is 13.9 Å². The monoisotopic (exact) mass is 532 g/mol. The van der Waals surface area contributed by atoms with Crippen LogP contribution in [0.4, 0.5) is 4.79 Å². The number of nitrogens with two attached hydrogens (primary N) is 1. The molecule has 0 fully saturated rings. The van der Waals surface area contributed by atoms with Crippen LogP contribution in [0.1, 0.15) is 0 Å². The Labute approximate surface area is 222 Å². The molecule has 2 aromatic heterocycles. The zero-order chi connectivity index (χ0) is 25.3. The van der Waals surface area contributed by atoms with Gasteiger partial charge in [-0.05, 0) is 17.3 Å². The third-order valence-electron chi connectivity index (χ3n) is 3.71. The van der Waals surface area contributed by atoms with Crippen molar-refractivity contribution < 1.29 is 17.8 Å². The predicted octanol–water partition coefficient (Wildman–Crippen LogP) is -0.773. The van der Waals surface area contributed by atoms with Gasteiger partial charge < -0.3 is 11.1 Å². The van der Waals surface area contributed by atoms with Gasteiger partial charge in [-0.25, -0.2) is 4.79 Å². The fourth-order valence-corrected chi connectivity index (χ4v) is 3.73. The van der Waals surface area contributed by atoms with E-state index in [2.05, 4.69) is 79.4 Å². The number of para-hydroxylation sites is 1. The van der Waals surface area contributed by atoms with Crippen LogP contribution in [0.25, 0.3) is 11.4 Å². The number of nitrogens with one attached hydrogen (secondary N) is 1. The average molecular weight is 533 g/mol. The zero-order valence-electron chi connectivity index (χ0n) is 17.7. The molecule has 0 aliphatic rings. The summed E-state index contributed by atoms with van der Waals surface area (Å²) < 4.78 is 34.1. The van der Waals surface area contributed by atoms with Crippen LogP contribution in [0.3, 0.4) is 0 Å². The molecule has 0 aliphatic heterocycles. The molecule has 0 saturated carbocycles. The van der Waals surface area contributed by atoms with Crippen molar-refractivity contribution in [3.05, 3.63) is 48.5 Å². The standard InChI is InChI=1S/C7H6N4O3S2.C7H5N4S.C2H6N2O.Na/c12-16(13,14)6-4-2-1-3-5(6)11-9-7(15)8-10-11;12-7-8-9-10-11(7)6-4-2-1-3-5-6;1-4-2(3)5;/h1-4H,(H,9,15)(H,12,13,14);1-2,4-5H,(H,8,10,12);1H3,(H3,3,4,5);. The number of hydrogen-bond acceptors (Lipinski definition) is 11. The Morgan fingerprint density at radius 2 is 1.79 bits per heavy atom. The Bertz CT molecular complexity index is 1360. The van der Waals surface area contributed by atoms with Gasteiger partial charge in [0.05, 0.1) is 0 Å². The molecule has 2 amide bonds. The fourth-order valence-electron chi connectivity index (χ4n) is 2.26. The normalized spacial score (nSPS) is 10.4. The Kier molecular flexibility index (Phi) is 10.4. The van der Waals surface area contributed by atoms with E-state index in [1.165, 1.54) is 28.1 Å². The van der Waals surface area contributed by atoms with Crippen LogP contribution in [0.5, 0.6) is 0 Å². The second-order valence-corrected chi connectivity index (χ2v) is 9.51. The number of hydrogen-bond donors (Lipinski definition) is 5. The van der Waals surface area contributed by atoms with Crippen LogP contribution in [0, 0.1) is 0 Å². The SMILES string of the molecule is CNC(N)=O.O=S(=O)(O)c1ccccc1-n1nnc(S)n1.[Na][c]1cccc(-n2nnnc2S)c1. The van der Waals surface area contributed by atoms with E-state index in [0.717, 1.165) is 38.4 Å². The van der Waals surface area contributed by atoms with Gasteiger partial charge in [-0.2, -0.15) is 8.42 Å². The number of carbonyl (C=O) groups is 1. The number of urea groups is 1. The molecule has 0 atom stereocenters. The second kappa shape index (κ2) is 12.8. The van der Waals surface area contributed by atoms with Crippen molar-refractivity contribution in [2.24, 2.45) is 5.73 Å². The van der Waals surface area contributed by atoms with E-state index in [-0.39, 0.29) is 15.7 Å². The summed E-state index contributed by atoms with van der Waals surface area (Å²) in [6.07, 6.45) is 0. The number of tetrazole rings is 2. The second-order valence-electron chi connectivity index (χ2n) is 6.17. The molecular weight excluding hydrogens is 515 g/mol. The summed E-state index contributed by atoms with van der Waals surface area (Å²) in [7, 11) is -2.85.